The van der Waals surface area contributed by atoms with Crippen molar-refractivity contribution in [1.82, 2.24) is 4.98 Å². The van der Waals surface area contributed by atoms with E-state index in [0.717, 1.165) is 22.4 Å². The van der Waals surface area contributed by atoms with Gasteiger partial charge in [-0.3, -0.25) is 14.3 Å². The lowest BCUT2D eigenvalue weighted by molar-refractivity contribution is 0.102. The molecule has 0 bridgehead atoms. The van der Waals surface area contributed by atoms with E-state index >= 15 is 0 Å². The molecule has 0 radical (unpaired) electrons. The fraction of sp³-hybridized carbons (Fsp3) is 0.200. The van der Waals surface area contributed by atoms with Crippen molar-refractivity contribution in [2.75, 3.05) is 11.6 Å². The first-order chi connectivity index (χ1) is 12.4. The van der Waals surface area contributed by atoms with Crippen LogP contribution in [0.25, 0.3) is 11.3 Å². The van der Waals surface area contributed by atoms with Gasteiger partial charge in [-0.1, -0.05) is 35.9 Å². The van der Waals surface area contributed by atoms with Gasteiger partial charge < -0.3 is 0 Å². The average Bonchev–Trinajstić information content (AvgIpc) is 3.02. The third-order valence-corrected chi connectivity index (χ3v) is 5.44. The number of nitrogens with one attached hydrogen (secondary N) is 1. The van der Waals surface area contributed by atoms with Gasteiger partial charge in [-0.2, -0.15) is 0 Å². The van der Waals surface area contributed by atoms with Crippen LogP contribution in [0.3, 0.4) is 0 Å². The van der Waals surface area contributed by atoms with Gasteiger partial charge >= 0.3 is 0 Å². The molecule has 3 rings (SSSR count). The molecule has 0 saturated carbocycles. The Hall–Kier alpha value is -2.31. The predicted octanol–water partition coefficient (Wildman–Crippen LogP) is 4.56. The first kappa shape index (κ1) is 18.5. The van der Waals surface area contributed by atoms with E-state index in [2.05, 4.69) is 42.3 Å². The molecule has 0 saturated heterocycles. The Morgan fingerprint density at radius 1 is 1.19 bits per heavy atom. The van der Waals surface area contributed by atoms with Crippen LogP contribution in [0.1, 0.15) is 27.0 Å². The van der Waals surface area contributed by atoms with Crippen molar-refractivity contribution >= 4 is 33.2 Å². The summed E-state index contributed by atoms with van der Waals surface area (Å²) in [4.78, 5) is 17.0. The number of aryl methyl sites for hydroxylation is 2. The number of aromatic nitrogens is 1. The summed E-state index contributed by atoms with van der Waals surface area (Å²) in [6.07, 6.45) is 1.65. The van der Waals surface area contributed by atoms with Crippen molar-refractivity contribution in [2.45, 2.75) is 19.6 Å². The lowest BCUT2D eigenvalue weighted by Gasteiger charge is -2.05. The Morgan fingerprint density at radius 3 is 2.73 bits per heavy atom. The summed E-state index contributed by atoms with van der Waals surface area (Å²) in [5.41, 5.74) is 5.72. The quantitative estimate of drug-likeness (QED) is 0.702. The number of anilines is 1. The molecular weight excluding hydrogens is 364 g/mol. The van der Waals surface area contributed by atoms with Gasteiger partial charge in [0.05, 0.1) is 5.69 Å². The van der Waals surface area contributed by atoms with Gasteiger partial charge in [-0.05, 0) is 37.1 Å². The second-order valence-corrected chi connectivity index (χ2v) is 8.52. The topological polar surface area (TPSA) is 59.1 Å². The van der Waals surface area contributed by atoms with E-state index < -0.39 is 10.8 Å². The summed E-state index contributed by atoms with van der Waals surface area (Å²) >= 11 is 1.40. The molecule has 2 aromatic carbocycles. The van der Waals surface area contributed by atoms with E-state index in [1.807, 2.05) is 11.4 Å². The molecule has 1 heterocycles. The summed E-state index contributed by atoms with van der Waals surface area (Å²) < 4.78 is 11.4. The van der Waals surface area contributed by atoms with Crippen LogP contribution in [-0.2, 0) is 16.6 Å². The molecule has 1 atom stereocenters. The second-order valence-electron chi connectivity index (χ2n) is 6.23. The Bertz CT molecular complexity index is 979. The average molecular weight is 385 g/mol. The van der Waals surface area contributed by atoms with Crippen LogP contribution in [0.4, 0.5) is 5.13 Å². The zero-order valence-corrected chi connectivity index (χ0v) is 16.5. The Kier molecular flexibility index (Phi) is 5.64. The van der Waals surface area contributed by atoms with Crippen molar-refractivity contribution < 1.29 is 9.00 Å². The number of carbonyl (C=O) groups is 1. The maximum absolute atomic E-state index is 12.5. The highest BCUT2D eigenvalue weighted by Crippen LogP contribution is 2.28. The van der Waals surface area contributed by atoms with Crippen molar-refractivity contribution in [1.29, 1.82) is 0 Å². The molecule has 26 heavy (non-hydrogen) atoms. The monoisotopic (exact) mass is 384 g/mol. The Labute approximate surface area is 159 Å². The lowest BCUT2D eigenvalue weighted by Crippen LogP contribution is -2.12. The zero-order valence-electron chi connectivity index (χ0n) is 14.9. The van der Waals surface area contributed by atoms with E-state index in [0.29, 0.717) is 16.4 Å². The Morgan fingerprint density at radius 2 is 2.00 bits per heavy atom. The van der Waals surface area contributed by atoms with Gasteiger partial charge in [0.2, 0.25) is 0 Å². The maximum atomic E-state index is 12.5. The van der Waals surface area contributed by atoms with Crippen molar-refractivity contribution in [3.8, 4) is 11.3 Å². The third kappa shape index (κ3) is 4.45. The number of nitrogens with zero attached hydrogens (tertiary/aromatic N) is 1. The molecule has 6 heteroatoms. The number of amides is 1. The molecule has 0 aliphatic rings. The standard InChI is InChI=1S/C20H20N2O2S2/c1-13-7-8-17(14(2)9-13)18-11-25-20(21-18)22-19(23)16-6-4-5-15(10-16)12-26(3)24/h4-11H,12H2,1-3H3,(H,21,22,23). The number of hydrogen-bond acceptors (Lipinski definition) is 4. The van der Waals surface area contributed by atoms with Gasteiger partial charge in [0, 0.05) is 39.3 Å². The van der Waals surface area contributed by atoms with Gasteiger partial charge in [0.1, 0.15) is 0 Å². The maximum Gasteiger partial charge on any atom is 0.257 e. The van der Waals surface area contributed by atoms with Crippen LogP contribution in [0.15, 0.2) is 47.8 Å². The predicted molar refractivity (Wildman–Crippen MR) is 109 cm³/mol. The summed E-state index contributed by atoms with van der Waals surface area (Å²) in [5.74, 6) is 0.227. The molecule has 1 aromatic heterocycles. The highest BCUT2D eigenvalue weighted by Gasteiger charge is 2.12. The molecule has 1 unspecified atom stereocenters. The number of carbonyl (C=O) groups excluding carboxylic acids is 1. The molecule has 0 aliphatic heterocycles. The van der Waals surface area contributed by atoms with Crippen LogP contribution < -0.4 is 5.32 Å². The minimum absolute atomic E-state index is 0.213. The largest absolute Gasteiger partial charge is 0.298 e. The number of thiazole rings is 1. The molecule has 0 fully saturated rings. The summed E-state index contributed by atoms with van der Waals surface area (Å²) in [6, 6.07) is 13.4. The van der Waals surface area contributed by atoms with Crippen molar-refractivity contribution in [2.24, 2.45) is 0 Å². The molecule has 3 aromatic rings. The van der Waals surface area contributed by atoms with Gasteiger partial charge in [0.15, 0.2) is 5.13 Å². The normalized spacial score (nSPS) is 12.0. The Balaban J connectivity index is 1.76. The van der Waals surface area contributed by atoms with E-state index in [1.54, 1.807) is 24.5 Å². The molecule has 4 nitrogen and oxygen atoms in total. The fourth-order valence-electron chi connectivity index (χ4n) is 2.76. The van der Waals surface area contributed by atoms with Gasteiger partial charge in [0.25, 0.3) is 5.91 Å². The fourth-order valence-corrected chi connectivity index (χ4v) is 4.12. The molecule has 1 amide bonds. The van der Waals surface area contributed by atoms with E-state index in [9.17, 15) is 9.00 Å². The SMILES string of the molecule is Cc1ccc(-c2csc(NC(=O)c3cccc(CS(C)=O)c3)n2)c(C)c1. The molecule has 1 N–H and O–H groups in total. The first-order valence-corrected chi connectivity index (χ1v) is 10.8. The summed E-state index contributed by atoms with van der Waals surface area (Å²) in [7, 11) is -0.940. The van der Waals surface area contributed by atoms with Crippen LogP contribution in [0.2, 0.25) is 0 Å². The van der Waals surface area contributed by atoms with Gasteiger partial charge in [-0.15, -0.1) is 11.3 Å². The molecule has 0 aliphatic carbocycles. The summed E-state index contributed by atoms with van der Waals surface area (Å²) in [6.45, 7) is 4.12. The van der Waals surface area contributed by atoms with E-state index in [4.69, 9.17) is 0 Å². The zero-order chi connectivity index (χ0) is 18.7. The highest BCUT2D eigenvalue weighted by molar-refractivity contribution is 7.83. The number of rotatable bonds is 5. The van der Waals surface area contributed by atoms with Gasteiger partial charge in [-0.25, -0.2) is 4.98 Å². The van der Waals surface area contributed by atoms with Crippen LogP contribution in [-0.4, -0.2) is 21.4 Å². The molecular formula is C20H20N2O2S2. The van der Waals surface area contributed by atoms with Crippen molar-refractivity contribution in [3.05, 3.63) is 70.1 Å². The molecule has 0 spiro atoms. The third-order valence-electron chi connectivity index (χ3n) is 3.94. The number of benzene rings is 2. The van der Waals surface area contributed by atoms with Crippen LogP contribution in [0, 0.1) is 13.8 Å². The summed E-state index contributed by atoms with van der Waals surface area (Å²) in [5, 5.41) is 5.37. The van der Waals surface area contributed by atoms with Crippen molar-refractivity contribution in [3.63, 3.8) is 0 Å². The van der Waals surface area contributed by atoms with Crippen LogP contribution in [0.5, 0.6) is 0 Å². The van der Waals surface area contributed by atoms with E-state index in [1.165, 1.54) is 16.9 Å². The minimum Gasteiger partial charge on any atom is -0.298 e. The smallest absolute Gasteiger partial charge is 0.257 e. The minimum atomic E-state index is -0.940. The second kappa shape index (κ2) is 7.93. The highest BCUT2D eigenvalue weighted by atomic mass is 32.2. The first-order valence-electron chi connectivity index (χ1n) is 8.16. The number of hydrogen-bond donors (Lipinski definition) is 1. The van der Waals surface area contributed by atoms with Crippen LogP contribution >= 0.6 is 11.3 Å². The van der Waals surface area contributed by atoms with E-state index in [-0.39, 0.29) is 5.91 Å². The molecule has 134 valence electrons. The lowest BCUT2D eigenvalue weighted by atomic mass is 10.0.